The fraction of sp³-hybridized carbons (Fsp3) is 0.538. The van der Waals surface area contributed by atoms with E-state index in [4.69, 9.17) is 10.8 Å². The summed E-state index contributed by atoms with van der Waals surface area (Å²) in [4.78, 5) is 140. The molecule has 0 aliphatic rings. The van der Waals surface area contributed by atoms with Crippen molar-refractivity contribution in [3.05, 3.63) is 0 Å². The summed E-state index contributed by atoms with van der Waals surface area (Å²) in [6.07, 6.45) is 0. The largest absolute Gasteiger partial charge is 0.480 e. The lowest BCUT2D eigenvalue weighted by Gasteiger charge is -2.16. The molecule has 0 radical (unpaired) electrons. The third-order valence-corrected chi connectivity index (χ3v) is 5.81. The van der Waals surface area contributed by atoms with Crippen LogP contribution in [0.4, 0.5) is 0 Å². The summed E-state index contributed by atoms with van der Waals surface area (Å²) in [7, 11) is 0. The molecule has 0 aliphatic heterocycles. The van der Waals surface area contributed by atoms with Gasteiger partial charge in [0.1, 0.15) is 18.6 Å². The van der Waals surface area contributed by atoms with Crippen LogP contribution in [0.15, 0.2) is 0 Å². The van der Waals surface area contributed by atoms with Gasteiger partial charge >= 0.3 is 5.97 Å². The monoisotopic (exact) mass is 762 g/mol. The van der Waals surface area contributed by atoms with Crippen LogP contribution < -0.4 is 64.2 Å². The Morgan fingerprint density at radius 1 is 0.377 bits per heavy atom. The number of carbonyl (C=O) groups is 12. The Balaban J connectivity index is 4.33. The van der Waals surface area contributed by atoms with Crippen molar-refractivity contribution in [2.24, 2.45) is 5.73 Å². The highest BCUT2D eigenvalue weighted by Crippen LogP contribution is 1.85. The summed E-state index contributed by atoms with van der Waals surface area (Å²) >= 11 is 0. The molecule has 27 nitrogen and oxygen atoms in total. The first kappa shape index (κ1) is 46.5. The zero-order chi connectivity index (χ0) is 40.3. The van der Waals surface area contributed by atoms with Gasteiger partial charge in [0, 0.05) is 0 Å². The molecule has 0 aromatic heterocycles. The highest BCUT2D eigenvalue weighted by Gasteiger charge is 2.22. The molecule has 0 heterocycles. The topological polar surface area (TPSA) is 424 Å². The molecule has 0 spiro atoms. The number of carboxylic acid groups (broad SMARTS) is 1. The van der Waals surface area contributed by atoms with E-state index in [2.05, 4.69) is 53.2 Å². The number of hydrogen-bond acceptors (Lipinski definition) is 15. The maximum absolute atomic E-state index is 12.2. The molecule has 0 unspecified atom stereocenters. The fourth-order valence-electron chi connectivity index (χ4n) is 3.15. The lowest BCUT2D eigenvalue weighted by Crippen LogP contribution is -2.53. The quantitative estimate of drug-likeness (QED) is 0.0410. The van der Waals surface area contributed by atoms with Gasteiger partial charge in [0.15, 0.2) is 0 Å². The first-order valence-corrected chi connectivity index (χ1v) is 15.2. The van der Waals surface area contributed by atoms with Crippen LogP contribution in [0, 0.1) is 0 Å². The van der Waals surface area contributed by atoms with Crippen molar-refractivity contribution in [1.29, 1.82) is 0 Å². The van der Waals surface area contributed by atoms with Gasteiger partial charge in [-0.1, -0.05) is 0 Å². The van der Waals surface area contributed by atoms with Crippen LogP contribution in [-0.4, -0.2) is 177 Å². The average Bonchev–Trinajstić information content (AvgIpc) is 3.13. The predicted octanol–water partition coefficient (Wildman–Crippen LogP) is -12.0. The van der Waals surface area contributed by atoms with Gasteiger partial charge in [0.05, 0.1) is 72.1 Å². The molecule has 296 valence electrons. The number of nitrogens with one attached hydrogen (secondary N) is 11. The van der Waals surface area contributed by atoms with E-state index in [0.29, 0.717) is 0 Å². The van der Waals surface area contributed by atoms with Crippen molar-refractivity contribution < 1.29 is 72.9 Å². The van der Waals surface area contributed by atoms with Gasteiger partial charge in [-0.3, -0.25) is 57.5 Å². The van der Waals surface area contributed by atoms with E-state index in [-0.39, 0.29) is 6.54 Å². The summed E-state index contributed by atoms with van der Waals surface area (Å²) in [6, 6.07) is -3.02. The van der Waals surface area contributed by atoms with E-state index < -0.39 is 155 Å². The SMILES string of the molecule is NCC(=O)NCC(=O)N[C@@H](CO)C(=O)NCC(=O)NCC(=O)NCC(=O)NCC(=O)N[C@@H](CO)C(=O)NCC(=O)NCC(=O)NCC(=O)NCC(=O)O. The average molecular weight is 763 g/mol. The number of hydrogen-bond donors (Lipinski definition) is 15. The summed E-state index contributed by atoms with van der Waals surface area (Å²) in [6.45, 7) is -7.83. The van der Waals surface area contributed by atoms with Crippen molar-refractivity contribution >= 4 is 70.9 Å². The number of aliphatic hydroxyl groups excluding tert-OH is 2. The first-order chi connectivity index (χ1) is 25.0. The smallest absolute Gasteiger partial charge is 0.322 e. The van der Waals surface area contributed by atoms with Gasteiger partial charge in [-0.15, -0.1) is 0 Å². The number of carboxylic acids is 1. The Labute approximate surface area is 299 Å². The Morgan fingerprint density at radius 2 is 0.623 bits per heavy atom. The Hall–Kier alpha value is -6.48. The minimum atomic E-state index is -1.56. The van der Waals surface area contributed by atoms with E-state index in [1.165, 1.54) is 0 Å². The molecule has 0 aliphatic carbocycles. The maximum atomic E-state index is 12.2. The maximum Gasteiger partial charge on any atom is 0.322 e. The third kappa shape index (κ3) is 23.5. The van der Waals surface area contributed by atoms with E-state index >= 15 is 0 Å². The van der Waals surface area contributed by atoms with Gasteiger partial charge in [0.2, 0.25) is 65.0 Å². The van der Waals surface area contributed by atoms with Crippen LogP contribution in [-0.2, 0) is 57.5 Å². The van der Waals surface area contributed by atoms with Crippen LogP contribution in [0.2, 0.25) is 0 Å². The van der Waals surface area contributed by atoms with Crippen molar-refractivity contribution in [3.8, 4) is 0 Å². The van der Waals surface area contributed by atoms with Crippen molar-refractivity contribution in [2.75, 3.05) is 78.7 Å². The molecule has 0 saturated heterocycles. The van der Waals surface area contributed by atoms with Crippen LogP contribution in [0.3, 0.4) is 0 Å². The molecular weight excluding hydrogens is 720 g/mol. The van der Waals surface area contributed by atoms with Crippen LogP contribution in [0.5, 0.6) is 0 Å². The van der Waals surface area contributed by atoms with E-state index in [0.717, 1.165) is 0 Å². The molecule has 16 N–H and O–H groups in total. The van der Waals surface area contributed by atoms with Gasteiger partial charge in [-0.2, -0.15) is 0 Å². The highest BCUT2D eigenvalue weighted by atomic mass is 16.4. The molecule has 0 saturated carbocycles. The number of carbonyl (C=O) groups excluding carboxylic acids is 11. The van der Waals surface area contributed by atoms with Gasteiger partial charge in [0.25, 0.3) is 0 Å². The summed E-state index contributed by atoms with van der Waals surface area (Å²) < 4.78 is 0. The summed E-state index contributed by atoms with van der Waals surface area (Å²) in [5.74, 6) is -10.7. The first-order valence-electron chi connectivity index (χ1n) is 15.2. The number of amides is 11. The zero-order valence-electron chi connectivity index (χ0n) is 28.0. The van der Waals surface area contributed by atoms with Gasteiger partial charge in [-0.25, -0.2) is 0 Å². The fourth-order valence-corrected chi connectivity index (χ4v) is 3.15. The van der Waals surface area contributed by atoms with Crippen molar-refractivity contribution in [3.63, 3.8) is 0 Å². The number of rotatable bonds is 25. The summed E-state index contributed by atoms with van der Waals surface area (Å²) in [5, 5.41) is 50.3. The summed E-state index contributed by atoms with van der Waals surface area (Å²) in [5.41, 5.74) is 5.08. The number of nitrogens with two attached hydrogens (primary N) is 1. The van der Waals surface area contributed by atoms with E-state index in [9.17, 15) is 67.7 Å². The molecular formula is C26H42N12O15. The van der Waals surface area contributed by atoms with Crippen LogP contribution in [0.1, 0.15) is 0 Å². The molecule has 0 fully saturated rings. The minimum absolute atomic E-state index is 0.373. The van der Waals surface area contributed by atoms with Crippen molar-refractivity contribution in [2.45, 2.75) is 12.1 Å². The van der Waals surface area contributed by atoms with Gasteiger partial charge < -0.3 is 79.5 Å². The molecule has 0 rings (SSSR count). The second-order valence-electron chi connectivity index (χ2n) is 10.1. The number of aliphatic hydroxyl groups is 2. The molecule has 53 heavy (non-hydrogen) atoms. The second-order valence-corrected chi connectivity index (χ2v) is 10.1. The normalized spacial score (nSPS) is 11.2. The molecule has 2 atom stereocenters. The second kappa shape index (κ2) is 26.3. The van der Waals surface area contributed by atoms with E-state index in [1.807, 2.05) is 5.32 Å². The Kier molecular flexibility index (Phi) is 23.1. The van der Waals surface area contributed by atoms with E-state index in [1.54, 1.807) is 0 Å². The van der Waals surface area contributed by atoms with Crippen LogP contribution >= 0.6 is 0 Å². The zero-order valence-corrected chi connectivity index (χ0v) is 28.0. The highest BCUT2D eigenvalue weighted by molar-refractivity contribution is 5.95. The predicted molar refractivity (Wildman–Crippen MR) is 172 cm³/mol. The van der Waals surface area contributed by atoms with Crippen LogP contribution in [0.25, 0.3) is 0 Å². The molecule has 27 heteroatoms. The lowest BCUT2D eigenvalue weighted by molar-refractivity contribution is -0.138. The van der Waals surface area contributed by atoms with Crippen molar-refractivity contribution in [1.82, 2.24) is 58.5 Å². The molecule has 0 aromatic carbocycles. The Morgan fingerprint density at radius 3 is 0.887 bits per heavy atom. The molecule has 0 bridgehead atoms. The number of aliphatic carboxylic acids is 1. The van der Waals surface area contributed by atoms with Gasteiger partial charge in [-0.05, 0) is 0 Å². The standard InChI is InChI=1S/C26H42N12O15/c27-1-15(41)28-8-22(48)37-13(11-39)25(52)35-6-20(46)31-2-16(42)29-4-18(44)33-9-23(49)38-14(12-40)26(53)36-7-21(47)32-3-17(43)30-5-19(45)34-10-24(50)51/h13-14,39-40H,1-12,27H2,(H,28,41)(H,29,42)(H,30,43)(H,31,46)(H,32,47)(H,33,44)(H,34,45)(H,35,52)(H,36,53)(H,37,48)(H,38,49)(H,50,51)/t13-,14-/m0/s1. The Bertz CT molecular complexity index is 1380. The molecule has 0 aromatic rings. The minimum Gasteiger partial charge on any atom is -0.480 e. The third-order valence-electron chi connectivity index (χ3n) is 5.81. The lowest BCUT2D eigenvalue weighted by atomic mass is 10.3. The molecule has 11 amide bonds.